The van der Waals surface area contributed by atoms with E-state index in [1.54, 1.807) is 6.07 Å². The van der Waals surface area contributed by atoms with Gasteiger partial charge in [0.1, 0.15) is 36.9 Å². The van der Waals surface area contributed by atoms with E-state index in [-0.39, 0.29) is 5.91 Å². The number of carbonyl (C=O) groups is 3. The van der Waals surface area contributed by atoms with Gasteiger partial charge in [-0.3, -0.25) is 4.79 Å². The maximum absolute atomic E-state index is 11.5. The van der Waals surface area contributed by atoms with Crippen molar-refractivity contribution in [3.8, 4) is 11.5 Å². The molecule has 2 heterocycles. The van der Waals surface area contributed by atoms with Gasteiger partial charge in [0.25, 0.3) is 0 Å². The molecule has 0 atom stereocenters. The Hall–Kier alpha value is -4.24. The summed E-state index contributed by atoms with van der Waals surface area (Å²) in [6.45, 7) is 13.0. The molecule has 202 valence electrons. The quantitative estimate of drug-likeness (QED) is 0.277. The molecule has 2 aromatic carbocycles. The van der Waals surface area contributed by atoms with Gasteiger partial charge in [0.15, 0.2) is 5.82 Å². The third-order valence-corrected chi connectivity index (χ3v) is 5.25. The van der Waals surface area contributed by atoms with E-state index in [1.807, 2.05) is 94.5 Å². The van der Waals surface area contributed by atoms with Crippen LogP contribution in [-0.4, -0.2) is 40.6 Å². The highest BCUT2D eigenvalue weighted by molar-refractivity contribution is 6.32. The number of nitrogens with zero attached hydrogens (tertiary/aromatic N) is 3. The van der Waals surface area contributed by atoms with Crippen molar-refractivity contribution >= 4 is 53.6 Å². The molecule has 1 amide bonds. The number of hydrogen-bond acceptors (Lipinski definition) is 7. The molecule has 0 aliphatic carbocycles. The van der Waals surface area contributed by atoms with Gasteiger partial charge in [0.2, 0.25) is 5.91 Å². The van der Waals surface area contributed by atoms with Crippen LogP contribution in [0.15, 0.2) is 61.1 Å². The highest BCUT2D eigenvalue weighted by atomic mass is 35.5. The van der Waals surface area contributed by atoms with Gasteiger partial charge in [-0.2, -0.15) is 0 Å². The fourth-order valence-electron chi connectivity index (χ4n) is 3.36. The number of rotatable bonds is 8. The molecule has 9 nitrogen and oxygen atoms in total. The maximum atomic E-state index is 11.5. The van der Waals surface area contributed by atoms with Crippen molar-refractivity contribution < 1.29 is 19.1 Å². The van der Waals surface area contributed by atoms with Crippen molar-refractivity contribution in [3.63, 3.8) is 0 Å². The summed E-state index contributed by atoms with van der Waals surface area (Å²) in [5.41, 5.74) is 3.56. The van der Waals surface area contributed by atoms with E-state index in [9.17, 15) is 4.79 Å². The number of anilines is 2. The lowest BCUT2D eigenvalue weighted by atomic mass is 10.2. The minimum Gasteiger partial charge on any atom is -0.456 e. The molecule has 0 radical (unpaired) electrons. The first-order valence-corrected chi connectivity index (χ1v) is 12.4. The zero-order chi connectivity index (χ0) is 28.5. The van der Waals surface area contributed by atoms with Gasteiger partial charge < -0.3 is 29.5 Å². The summed E-state index contributed by atoms with van der Waals surface area (Å²) in [7, 11) is 0. The fourth-order valence-corrected chi connectivity index (χ4v) is 3.57. The molecule has 2 N–H and O–H groups in total. The molecule has 0 bridgehead atoms. The van der Waals surface area contributed by atoms with E-state index >= 15 is 0 Å². The summed E-state index contributed by atoms with van der Waals surface area (Å²) >= 11 is 6.48. The van der Waals surface area contributed by atoms with Gasteiger partial charge in [0, 0.05) is 31.4 Å². The third kappa shape index (κ3) is 9.01. The van der Waals surface area contributed by atoms with Crippen molar-refractivity contribution in [3.05, 3.63) is 71.6 Å². The Morgan fingerprint density at radius 1 is 1.05 bits per heavy atom. The summed E-state index contributed by atoms with van der Waals surface area (Å²) in [5, 5.41) is 6.70. The van der Waals surface area contributed by atoms with Crippen molar-refractivity contribution in [2.75, 3.05) is 11.9 Å². The summed E-state index contributed by atoms with van der Waals surface area (Å²) in [6.07, 6.45) is 3.92. The summed E-state index contributed by atoms with van der Waals surface area (Å²) in [5.74, 6) is 1.99. The second-order valence-corrected chi connectivity index (χ2v) is 7.76. The molecule has 0 spiro atoms. The van der Waals surface area contributed by atoms with E-state index < -0.39 is 0 Å². The lowest BCUT2D eigenvalue weighted by molar-refractivity contribution is -0.120. The Labute approximate surface area is 228 Å². The smallest absolute Gasteiger partial charge is 0.219 e. The fraction of sp³-hybridized carbons (Fsp3) is 0.250. The Bertz CT molecular complexity index is 1290. The average molecular weight is 540 g/mol. The molecular weight excluding hydrogens is 506 g/mol. The summed E-state index contributed by atoms with van der Waals surface area (Å²) in [6, 6.07) is 15.2. The molecule has 0 unspecified atom stereocenters. The minimum absolute atomic E-state index is 0.0266. The Morgan fingerprint density at radius 3 is 2.45 bits per heavy atom. The molecule has 4 aromatic rings. The maximum Gasteiger partial charge on any atom is 0.219 e. The number of amides is 1. The molecule has 0 saturated heterocycles. The van der Waals surface area contributed by atoms with E-state index in [4.69, 9.17) is 25.9 Å². The Balaban J connectivity index is 0.00000112. The molecule has 2 aromatic heterocycles. The SMILES string of the molecule is C=O.C=O.CC.CCC(=O)NCCn1ccc2ncnc(Nc3ccc(Oc4cccc(C)c4)c(Cl)c3)c21. The number of aromatic nitrogens is 3. The van der Waals surface area contributed by atoms with Crippen LogP contribution in [0.3, 0.4) is 0 Å². The lowest BCUT2D eigenvalue weighted by Crippen LogP contribution is -2.26. The minimum atomic E-state index is 0.0266. The molecule has 10 heteroatoms. The van der Waals surface area contributed by atoms with Gasteiger partial charge in [-0.15, -0.1) is 0 Å². The molecule has 0 aliphatic heterocycles. The second kappa shape index (κ2) is 17.3. The zero-order valence-electron chi connectivity index (χ0n) is 22.2. The predicted molar refractivity (Wildman–Crippen MR) is 152 cm³/mol. The van der Waals surface area contributed by atoms with E-state index in [0.29, 0.717) is 36.1 Å². The number of aryl methyl sites for hydroxylation is 1. The van der Waals surface area contributed by atoms with Crippen LogP contribution in [0.2, 0.25) is 5.02 Å². The van der Waals surface area contributed by atoms with E-state index in [0.717, 1.165) is 28.0 Å². The monoisotopic (exact) mass is 539 g/mol. The molecule has 0 aliphatic rings. The average Bonchev–Trinajstić information content (AvgIpc) is 3.37. The number of halogens is 1. The number of ether oxygens (including phenoxy) is 1. The number of fused-ring (bicyclic) bond motifs is 1. The van der Waals surface area contributed by atoms with Crippen molar-refractivity contribution in [1.29, 1.82) is 0 Å². The van der Waals surface area contributed by atoms with E-state index in [1.165, 1.54) is 6.33 Å². The molecule has 4 rings (SSSR count). The number of nitrogens with one attached hydrogen (secondary N) is 2. The van der Waals surface area contributed by atoms with Gasteiger partial charge >= 0.3 is 0 Å². The molecule has 0 fully saturated rings. The Morgan fingerprint density at radius 2 is 1.79 bits per heavy atom. The van der Waals surface area contributed by atoms with Gasteiger partial charge in [-0.25, -0.2) is 9.97 Å². The number of benzene rings is 2. The zero-order valence-corrected chi connectivity index (χ0v) is 22.9. The third-order valence-electron chi connectivity index (χ3n) is 4.96. The Kier molecular flexibility index (Phi) is 14.4. The second-order valence-electron chi connectivity index (χ2n) is 7.36. The highest BCUT2D eigenvalue weighted by Crippen LogP contribution is 2.33. The van der Waals surface area contributed by atoms with Crippen molar-refractivity contribution in [1.82, 2.24) is 19.9 Å². The van der Waals surface area contributed by atoms with Crippen LogP contribution >= 0.6 is 11.6 Å². The van der Waals surface area contributed by atoms with Gasteiger partial charge in [-0.1, -0.05) is 44.5 Å². The normalized spacial score (nSPS) is 9.50. The largest absolute Gasteiger partial charge is 0.456 e. The summed E-state index contributed by atoms with van der Waals surface area (Å²) < 4.78 is 7.94. The molecular formula is C28H34ClN5O4. The summed E-state index contributed by atoms with van der Waals surface area (Å²) in [4.78, 5) is 36.3. The van der Waals surface area contributed by atoms with E-state index in [2.05, 4.69) is 20.6 Å². The first-order valence-electron chi connectivity index (χ1n) is 12.0. The van der Waals surface area contributed by atoms with Crippen LogP contribution in [0.4, 0.5) is 11.5 Å². The predicted octanol–water partition coefficient (Wildman–Crippen LogP) is 6.11. The highest BCUT2D eigenvalue weighted by Gasteiger charge is 2.11. The van der Waals surface area contributed by atoms with Crippen LogP contribution in [-0.2, 0) is 20.9 Å². The topological polar surface area (TPSA) is 115 Å². The van der Waals surface area contributed by atoms with Gasteiger partial charge in [0.05, 0.1) is 10.5 Å². The van der Waals surface area contributed by atoms with Crippen molar-refractivity contribution in [2.24, 2.45) is 0 Å². The van der Waals surface area contributed by atoms with Crippen LogP contribution in [0.5, 0.6) is 11.5 Å². The molecule has 38 heavy (non-hydrogen) atoms. The van der Waals surface area contributed by atoms with Crippen LogP contribution in [0.1, 0.15) is 32.8 Å². The van der Waals surface area contributed by atoms with Crippen molar-refractivity contribution in [2.45, 2.75) is 40.7 Å². The van der Waals surface area contributed by atoms with Crippen LogP contribution < -0.4 is 15.4 Å². The first kappa shape index (κ1) is 31.8. The lowest BCUT2D eigenvalue weighted by Gasteiger charge is -2.13. The van der Waals surface area contributed by atoms with Crippen LogP contribution in [0.25, 0.3) is 11.0 Å². The molecule has 0 saturated carbocycles. The standard InChI is InChI=1S/C24H24ClN5O2.C2H6.2CH2O/c1-3-22(31)26-10-12-30-11-9-20-23(30)24(28-15-27-20)29-17-7-8-21(19(25)14-17)32-18-6-4-5-16(2)13-18;3*1-2/h4-9,11,13-15H,3,10,12H2,1-2H3,(H,26,31)(H,27,28,29);1-2H3;2*1H2. The number of carbonyl (C=O) groups excluding carboxylic acids is 3. The number of hydrogen-bond donors (Lipinski definition) is 2. The van der Waals surface area contributed by atoms with Crippen LogP contribution in [0, 0.1) is 6.92 Å². The van der Waals surface area contributed by atoms with Gasteiger partial charge in [-0.05, 0) is 48.9 Å². The first-order chi connectivity index (χ1) is 18.5.